The van der Waals surface area contributed by atoms with Crippen molar-refractivity contribution in [2.24, 2.45) is 0 Å². The number of hydrogen-bond donors (Lipinski definition) is 1. The Bertz CT molecular complexity index is 713. The molecule has 1 fully saturated rings. The lowest BCUT2D eigenvalue weighted by Crippen LogP contribution is -2.45. The summed E-state index contributed by atoms with van der Waals surface area (Å²) in [5, 5.41) is 11.8. The van der Waals surface area contributed by atoms with Gasteiger partial charge in [0.25, 0.3) is 0 Å². The Morgan fingerprint density at radius 2 is 1.77 bits per heavy atom. The van der Waals surface area contributed by atoms with Crippen LogP contribution in [-0.4, -0.2) is 60.4 Å². The third-order valence-corrected chi connectivity index (χ3v) is 10.7. The fourth-order valence-corrected chi connectivity index (χ4v) is 4.90. The first-order valence-corrected chi connectivity index (χ1v) is 14.2. The monoisotopic (exact) mass is 450 g/mol. The number of hydrogen-bond acceptors (Lipinski definition) is 5. The smallest absolute Gasteiger partial charge is 0.410 e. The molecule has 1 saturated heterocycles. The number of carbonyl (C=O) groups is 1. The molecule has 1 aromatic rings. The van der Waals surface area contributed by atoms with E-state index in [0.717, 1.165) is 12.0 Å². The number of benzene rings is 1. The average molecular weight is 451 g/mol. The first-order chi connectivity index (χ1) is 14.2. The van der Waals surface area contributed by atoms with Crippen LogP contribution in [0.3, 0.4) is 0 Å². The average Bonchev–Trinajstić information content (AvgIpc) is 3.00. The summed E-state index contributed by atoms with van der Waals surface area (Å²) in [7, 11) is -1.95. The molecular weight excluding hydrogens is 408 g/mol. The van der Waals surface area contributed by atoms with E-state index in [2.05, 4.69) is 33.9 Å². The zero-order valence-electron chi connectivity index (χ0n) is 20.6. The molecule has 1 heterocycles. The first-order valence-electron chi connectivity index (χ1n) is 11.3. The topological polar surface area (TPSA) is 62.2 Å². The van der Waals surface area contributed by atoms with Crippen molar-refractivity contribution in [3.63, 3.8) is 0 Å². The van der Waals surface area contributed by atoms with Gasteiger partial charge in [0, 0.05) is 25.7 Å². The highest BCUT2D eigenvalue weighted by molar-refractivity contribution is 6.74. The Morgan fingerprint density at radius 1 is 1.16 bits per heavy atom. The largest absolute Gasteiger partial charge is 0.444 e. The minimum Gasteiger partial charge on any atom is -0.444 e. The van der Waals surface area contributed by atoms with Crippen molar-refractivity contribution in [2.75, 3.05) is 13.1 Å². The van der Waals surface area contributed by atoms with E-state index in [9.17, 15) is 10.0 Å². The molecule has 0 saturated carbocycles. The van der Waals surface area contributed by atoms with Crippen molar-refractivity contribution in [1.29, 1.82) is 0 Å². The van der Waals surface area contributed by atoms with Gasteiger partial charge in [-0.15, -0.1) is 0 Å². The van der Waals surface area contributed by atoms with E-state index in [-0.39, 0.29) is 23.3 Å². The van der Waals surface area contributed by atoms with E-state index in [4.69, 9.17) is 9.16 Å². The molecule has 6 nitrogen and oxygen atoms in total. The van der Waals surface area contributed by atoms with Crippen molar-refractivity contribution in [3.8, 4) is 0 Å². The first kappa shape index (κ1) is 25.8. The minimum absolute atomic E-state index is 0.000300. The Balaban J connectivity index is 2.04. The number of rotatable bonds is 7. The molecule has 2 atom stereocenters. The Hall–Kier alpha value is -1.41. The zero-order chi connectivity index (χ0) is 23.4. The SMILES string of the molecule is CC(C)(C)OC(=O)N1C[C@@H](O[Si](C)(C)C(C)(C)C)CC1CCN(O)Cc1ccccc1. The van der Waals surface area contributed by atoms with Crippen molar-refractivity contribution in [2.45, 2.75) is 96.8 Å². The molecule has 1 unspecified atom stereocenters. The summed E-state index contributed by atoms with van der Waals surface area (Å²) in [6.45, 7) is 18.3. The third kappa shape index (κ3) is 7.90. The summed E-state index contributed by atoms with van der Waals surface area (Å²) < 4.78 is 12.3. The van der Waals surface area contributed by atoms with Gasteiger partial charge in [0.2, 0.25) is 0 Å². The van der Waals surface area contributed by atoms with Gasteiger partial charge in [-0.1, -0.05) is 51.1 Å². The molecule has 1 aliphatic rings. The Labute approximate surface area is 189 Å². The van der Waals surface area contributed by atoms with Gasteiger partial charge in [0.1, 0.15) is 5.60 Å². The van der Waals surface area contributed by atoms with E-state index >= 15 is 0 Å². The molecule has 0 aliphatic carbocycles. The van der Waals surface area contributed by atoms with Gasteiger partial charge in [-0.05, 0) is 57.3 Å². The normalized spacial score (nSPS) is 20.4. The fourth-order valence-electron chi connectivity index (χ4n) is 3.54. The summed E-state index contributed by atoms with van der Waals surface area (Å²) in [4.78, 5) is 14.7. The third-order valence-electron chi connectivity index (χ3n) is 6.20. The van der Waals surface area contributed by atoms with E-state index in [1.54, 1.807) is 4.90 Å². The highest BCUT2D eigenvalue weighted by atomic mass is 28.4. The second kappa shape index (κ2) is 10.0. The van der Waals surface area contributed by atoms with Crippen LogP contribution in [-0.2, 0) is 15.7 Å². The molecule has 0 bridgehead atoms. The van der Waals surface area contributed by atoms with Gasteiger partial charge in [0.05, 0.1) is 6.10 Å². The number of likely N-dealkylation sites (tertiary alicyclic amines) is 1. The van der Waals surface area contributed by atoms with Crippen LogP contribution < -0.4 is 0 Å². The lowest BCUT2D eigenvalue weighted by molar-refractivity contribution is -0.103. The van der Waals surface area contributed by atoms with Gasteiger partial charge < -0.3 is 19.3 Å². The molecule has 0 spiro atoms. The van der Waals surface area contributed by atoms with Crippen LogP contribution in [0, 0.1) is 0 Å². The number of amides is 1. The minimum atomic E-state index is -1.95. The van der Waals surface area contributed by atoms with Crippen molar-refractivity contribution in [1.82, 2.24) is 9.96 Å². The van der Waals surface area contributed by atoms with Crippen molar-refractivity contribution >= 4 is 14.4 Å². The predicted octanol–water partition coefficient (Wildman–Crippen LogP) is 5.67. The fraction of sp³-hybridized carbons (Fsp3) is 0.708. The Kier molecular flexibility index (Phi) is 8.36. The summed E-state index contributed by atoms with van der Waals surface area (Å²) in [5.41, 5.74) is 0.510. The van der Waals surface area contributed by atoms with Crippen LogP contribution >= 0.6 is 0 Å². The van der Waals surface area contributed by atoms with E-state index in [1.165, 1.54) is 5.06 Å². The summed E-state index contributed by atoms with van der Waals surface area (Å²) in [6, 6.07) is 9.87. The maximum absolute atomic E-state index is 12.9. The van der Waals surface area contributed by atoms with Crippen LogP contribution in [0.2, 0.25) is 18.1 Å². The van der Waals surface area contributed by atoms with Crippen LogP contribution in [0.25, 0.3) is 0 Å². The van der Waals surface area contributed by atoms with Gasteiger partial charge in [-0.3, -0.25) is 0 Å². The molecule has 1 aromatic carbocycles. The quantitative estimate of drug-likeness (QED) is 0.428. The Morgan fingerprint density at radius 3 is 2.32 bits per heavy atom. The lowest BCUT2D eigenvalue weighted by Gasteiger charge is -2.38. The molecule has 1 aliphatic heterocycles. The second-order valence-corrected chi connectivity index (χ2v) is 15.9. The molecule has 7 heteroatoms. The van der Waals surface area contributed by atoms with Crippen LogP contribution in [0.4, 0.5) is 4.79 Å². The number of nitrogens with zero attached hydrogens (tertiary/aromatic N) is 2. The predicted molar refractivity (Wildman–Crippen MR) is 127 cm³/mol. The highest BCUT2D eigenvalue weighted by Crippen LogP contribution is 2.39. The molecule has 0 aromatic heterocycles. The molecule has 2 rings (SSSR count). The van der Waals surface area contributed by atoms with Crippen LogP contribution in [0.5, 0.6) is 0 Å². The van der Waals surface area contributed by atoms with Gasteiger partial charge in [0.15, 0.2) is 8.32 Å². The van der Waals surface area contributed by atoms with Gasteiger partial charge in [-0.2, -0.15) is 5.06 Å². The summed E-state index contributed by atoms with van der Waals surface area (Å²) in [6.07, 6.45) is 1.14. The molecule has 1 amide bonds. The summed E-state index contributed by atoms with van der Waals surface area (Å²) in [5.74, 6) is 0. The second-order valence-electron chi connectivity index (χ2n) is 11.2. The van der Waals surface area contributed by atoms with E-state index in [0.29, 0.717) is 26.1 Å². The molecule has 1 N–H and O–H groups in total. The summed E-state index contributed by atoms with van der Waals surface area (Å²) >= 11 is 0. The maximum Gasteiger partial charge on any atom is 0.410 e. The van der Waals surface area contributed by atoms with Crippen LogP contribution in [0.1, 0.15) is 59.9 Å². The van der Waals surface area contributed by atoms with E-state index in [1.807, 2.05) is 51.1 Å². The lowest BCUT2D eigenvalue weighted by atomic mass is 10.1. The number of ether oxygens (including phenoxy) is 1. The number of carbonyl (C=O) groups excluding carboxylic acids is 1. The standard InChI is InChI=1S/C24H42N2O4Si/c1-23(2,3)29-22(27)26-18-21(30-31(7,8)24(4,5)6)16-20(26)14-15-25(28)17-19-12-10-9-11-13-19/h9-13,20-21,28H,14-18H2,1-8H3/t20?,21-/m0/s1. The van der Waals surface area contributed by atoms with E-state index < -0.39 is 13.9 Å². The number of hydroxylamine groups is 2. The zero-order valence-corrected chi connectivity index (χ0v) is 21.6. The molecule has 176 valence electrons. The van der Waals surface area contributed by atoms with Gasteiger partial charge in [-0.25, -0.2) is 4.79 Å². The van der Waals surface area contributed by atoms with Crippen molar-refractivity contribution < 1.29 is 19.2 Å². The maximum atomic E-state index is 12.9. The van der Waals surface area contributed by atoms with Crippen LogP contribution in [0.15, 0.2) is 30.3 Å². The highest BCUT2D eigenvalue weighted by Gasteiger charge is 2.44. The molecular formula is C24H42N2O4Si. The molecule has 0 radical (unpaired) electrons. The van der Waals surface area contributed by atoms with Gasteiger partial charge >= 0.3 is 6.09 Å². The molecule has 31 heavy (non-hydrogen) atoms. The van der Waals surface area contributed by atoms with Crippen molar-refractivity contribution in [3.05, 3.63) is 35.9 Å².